The van der Waals surface area contributed by atoms with Crippen molar-refractivity contribution in [3.63, 3.8) is 0 Å². The topological polar surface area (TPSA) is 38.7 Å². The van der Waals surface area contributed by atoms with Crippen molar-refractivity contribution in [3.8, 4) is 78.3 Å². The molecule has 2 unspecified atom stereocenters. The average molecular weight is 977 g/mol. The quantitative estimate of drug-likeness (QED) is 0.137. The zero-order valence-corrected chi connectivity index (χ0v) is 44.1. The second-order valence-corrected chi connectivity index (χ2v) is 22.6. The summed E-state index contributed by atoms with van der Waals surface area (Å²) in [6, 6.07) is 73.8. The van der Waals surface area contributed by atoms with E-state index < -0.39 is 6.85 Å². The molecule has 0 N–H and O–H groups in total. The maximum Gasteiger partial charge on any atom is 0.0705 e. The smallest absolute Gasteiger partial charge is 0.0705 e. The minimum Gasteiger partial charge on any atom is -0.256 e. The summed E-state index contributed by atoms with van der Waals surface area (Å²) in [6.45, 7) is 11.2. The Balaban J connectivity index is 0.959. The molecule has 0 radical (unpaired) electrons. The number of hydrogen-bond acceptors (Lipinski definition) is 3. The van der Waals surface area contributed by atoms with Crippen LogP contribution in [0.4, 0.5) is 0 Å². The Labute approximate surface area is 449 Å². The van der Waals surface area contributed by atoms with E-state index in [4.69, 9.17) is 19.1 Å². The van der Waals surface area contributed by atoms with Crippen molar-refractivity contribution >= 4 is 0 Å². The number of aromatic nitrogens is 3. The van der Waals surface area contributed by atoms with Crippen molar-refractivity contribution in [1.29, 1.82) is 0 Å². The number of aryl methyl sites for hydroxylation is 1. The Bertz CT molecular complexity index is 3560. The molecule has 3 heteroatoms. The first kappa shape index (κ1) is 45.6. The molecule has 1 aliphatic rings. The van der Waals surface area contributed by atoms with Gasteiger partial charge in [-0.05, 0) is 157 Å². The SMILES string of the molecule is [2H]C([2H])([2H])c1cc(-c2ccc(-c3ccccc3C3CC(c4ccccc4-c4ccc(-c5cc(C(C)(C)C)ccn5)cc4)CC(c4ccccc4-c4ccc(-c5cc(C(C)(C)C)ccn5)cc4)C3)cc2)ncc1-c1ccccc1. The van der Waals surface area contributed by atoms with Gasteiger partial charge in [0.05, 0.1) is 17.1 Å². The van der Waals surface area contributed by atoms with Crippen molar-refractivity contribution in [3.05, 3.63) is 258 Å². The largest absolute Gasteiger partial charge is 0.256 e. The van der Waals surface area contributed by atoms with Crippen LogP contribution in [0.5, 0.6) is 0 Å². The van der Waals surface area contributed by atoms with Crippen molar-refractivity contribution in [2.45, 2.75) is 96.2 Å². The molecule has 7 aromatic carbocycles. The van der Waals surface area contributed by atoms with Gasteiger partial charge in [-0.2, -0.15) is 0 Å². The van der Waals surface area contributed by atoms with E-state index in [1.54, 1.807) is 12.3 Å². The second kappa shape index (κ2) is 20.7. The van der Waals surface area contributed by atoms with Gasteiger partial charge in [-0.1, -0.05) is 217 Å². The molecule has 1 aliphatic carbocycles. The van der Waals surface area contributed by atoms with Crippen molar-refractivity contribution in [2.75, 3.05) is 0 Å². The zero-order valence-electron chi connectivity index (χ0n) is 47.1. The number of benzene rings is 7. The fourth-order valence-corrected chi connectivity index (χ4v) is 11.5. The van der Waals surface area contributed by atoms with E-state index in [2.05, 4.69) is 211 Å². The summed E-state index contributed by atoms with van der Waals surface area (Å²) in [6.07, 6.45) is 8.58. The number of nitrogens with zero attached hydrogens (tertiary/aromatic N) is 3. The van der Waals surface area contributed by atoms with Crippen LogP contribution in [0, 0.1) is 6.85 Å². The summed E-state index contributed by atoms with van der Waals surface area (Å²) < 4.78 is 25.4. The van der Waals surface area contributed by atoms with Crippen LogP contribution in [0.3, 0.4) is 0 Å². The fraction of sp³-hybridized carbons (Fsp3) is 0.208. The number of pyridine rings is 3. The van der Waals surface area contributed by atoms with E-state index in [0.29, 0.717) is 16.8 Å². The molecule has 0 aliphatic heterocycles. The first-order valence-electron chi connectivity index (χ1n) is 28.1. The maximum atomic E-state index is 8.46. The summed E-state index contributed by atoms with van der Waals surface area (Å²) in [5.41, 5.74) is 21.5. The Morgan fingerprint density at radius 1 is 0.347 bits per heavy atom. The normalized spacial score (nSPS) is 16.7. The molecule has 1 fully saturated rings. The van der Waals surface area contributed by atoms with Gasteiger partial charge in [0.15, 0.2) is 0 Å². The molecule has 75 heavy (non-hydrogen) atoms. The molecular weight excluding hydrogens is 907 g/mol. The summed E-state index contributed by atoms with van der Waals surface area (Å²) in [5.74, 6) is 0.769. The highest BCUT2D eigenvalue weighted by molar-refractivity contribution is 5.77. The predicted octanol–water partition coefficient (Wildman–Crippen LogP) is 19.3. The first-order chi connectivity index (χ1) is 37.5. The van der Waals surface area contributed by atoms with Crippen molar-refractivity contribution in [2.24, 2.45) is 0 Å². The third kappa shape index (κ3) is 10.6. The summed E-state index contributed by atoms with van der Waals surface area (Å²) in [4.78, 5) is 14.4. The van der Waals surface area contributed by atoms with Crippen LogP contribution in [0.15, 0.2) is 225 Å². The molecular formula is C72H67N3. The molecule has 370 valence electrons. The van der Waals surface area contributed by atoms with Crippen LogP contribution in [-0.4, -0.2) is 15.0 Å². The number of rotatable bonds is 10. The third-order valence-electron chi connectivity index (χ3n) is 15.6. The Hall–Kier alpha value is -8.01. The van der Waals surface area contributed by atoms with Crippen LogP contribution >= 0.6 is 0 Å². The minimum absolute atomic E-state index is 0.0305. The van der Waals surface area contributed by atoms with Gasteiger partial charge in [0.25, 0.3) is 0 Å². The summed E-state index contributed by atoms with van der Waals surface area (Å²) >= 11 is 0. The highest BCUT2D eigenvalue weighted by atomic mass is 14.7. The Kier molecular flexibility index (Phi) is 12.6. The monoisotopic (exact) mass is 977 g/mol. The molecule has 0 saturated heterocycles. The fourth-order valence-electron chi connectivity index (χ4n) is 11.5. The Morgan fingerprint density at radius 3 is 1.05 bits per heavy atom. The molecule has 0 bridgehead atoms. The van der Waals surface area contributed by atoms with E-state index in [1.807, 2.05) is 42.7 Å². The van der Waals surface area contributed by atoms with Gasteiger partial charge < -0.3 is 0 Å². The molecule has 2 atom stereocenters. The molecule has 10 aromatic rings. The van der Waals surface area contributed by atoms with Gasteiger partial charge in [-0.3, -0.25) is 15.0 Å². The number of hydrogen-bond donors (Lipinski definition) is 0. The zero-order chi connectivity index (χ0) is 54.2. The lowest BCUT2D eigenvalue weighted by atomic mass is 9.66. The molecule has 3 aromatic heterocycles. The lowest BCUT2D eigenvalue weighted by Gasteiger charge is -2.38. The van der Waals surface area contributed by atoms with Crippen LogP contribution in [0.1, 0.15) is 116 Å². The van der Waals surface area contributed by atoms with Crippen molar-refractivity contribution < 1.29 is 4.11 Å². The molecule has 0 amide bonds. The lowest BCUT2D eigenvalue weighted by Crippen LogP contribution is -2.21. The second-order valence-electron chi connectivity index (χ2n) is 22.6. The molecule has 11 rings (SSSR count). The van der Waals surface area contributed by atoms with Gasteiger partial charge in [-0.15, -0.1) is 0 Å². The van der Waals surface area contributed by atoms with E-state index in [-0.39, 0.29) is 28.6 Å². The van der Waals surface area contributed by atoms with E-state index >= 15 is 0 Å². The minimum atomic E-state index is -2.30. The van der Waals surface area contributed by atoms with Crippen LogP contribution in [0.25, 0.3) is 78.3 Å². The van der Waals surface area contributed by atoms with Crippen LogP contribution in [-0.2, 0) is 10.8 Å². The Morgan fingerprint density at radius 2 is 0.680 bits per heavy atom. The maximum absolute atomic E-state index is 8.46. The van der Waals surface area contributed by atoms with E-state index in [9.17, 15) is 0 Å². The first-order valence-corrected chi connectivity index (χ1v) is 26.6. The van der Waals surface area contributed by atoms with Gasteiger partial charge in [0, 0.05) is 45.0 Å². The molecule has 1 saturated carbocycles. The van der Waals surface area contributed by atoms with Gasteiger partial charge in [0.2, 0.25) is 0 Å². The average Bonchev–Trinajstić information content (AvgIpc) is 3.49. The van der Waals surface area contributed by atoms with Gasteiger partial charge in [-0.25, -0.2) is 0 Å². The lowest BCUT2D eigenvalue weighted by molar-refractivity contribution is 0.353. The summed E-state index contributed by atoms with van der Waals surface area (Å²) in [5, 5.41) is 0. The summed E-state index contributed by atoms with van der Waals surface area (Å²) in [7, 11) is 0. The molecule has 0 spiro atoms. The van der Waals surface area contributed by atoms with Crippen LogP contribution in [0.2, 0.25) is 0 Å². The van der Waals surface area contributed by atoms with Gasteiger partial charge >= 0.3 is 0 Å². The van der Waals surface area contributed by atoms with Crippen molar-refractivity contribution in [1.82, 2.24) is 15.0 Å². The standard InChI is InChI=1S/C72H67N3/c1-48-41-68(75-47-67(48)49-17-9-8-10-18-49)53-31-25-50(26-32-53)61-19-11-14-22-64(61)56-42-57(65-23-15-12-20-62(65)51-27-33-54(34-28-51)69-45-59(37-39-73-69)71(2,3)4)44-58(43-56)66-24-16-13-21-63(66)52-29-35-55(36-30-52)70-46-60(38-40-74-70)72(5,6)7/h8-41,45-47,56-58H,42-44H2,1-7H3/i1D3. The predicted molar refractivity (Wildman–Crippen MR) is 315 cm³/mol. The third-order valence-corrected chi connectivity index (χ3v) is 15.6. The van der Waals surface area contributed by atoms with Gasteiger partial charge in [0.1, 0.15) is 0 Å². The van der Waals surface area contributed by atoms with E-state index in [1.165, 1.54) is 55.6 Å². The molecule has 3 heterocycles. The van der Waals surface area contributed by atoms with Crippen LogP contribution < -0.4 is 0 Å². The highest BCUT2D eigenvalue weighted by Crippen LogP contribution is 2.52. The molecule has 3 nitrogen and oxygen atoms in total. The van der Waals surface area contributed by atoms with E-state index in [0.717, 1.165) is 58.5 Å². The highest BCUT2D eigenvalue weighted by Gasteiger charge is 2.35.